The third kappa shape index (κ3) is 23.0. The molecule has 9 rings (SSSR count). The zero-order valence-corrected chi connectivity index (χ0v) is 57.9. The smallest absolute Gasteiger partial charge is 0.251 e. The van der Waals surface area contributed by atoms with Gasteiger partial charge in [0.25, 0.3) is 5.91 Å². The number of benzene rings is 3. The highest BCUT2D eigenvalue weighted by molar-refractivity contribution is 5.95. The first-order valence-corrected chi connectivity index (χ1v) is 32.6. The largest absolute Gasteiger partial charge is 0.493 e. The number of carbonyl (C=O) groups excluding carboxylic acids is 1. The maximum atomic E-state index is 12.5. The number of amides is 1. The van der Waals surface area contributed by atoms with E-state index in [4.69, 9.17) is 33.2 Å². The molecule has 6 heterocycles. The van der Waals surface area contributed by atoms with Gasteiger partial charge < -0.3 is 53.7 Å². The van der Waals surface area contributed by atoms with Gasteiger partial charge in [-0.15, -0.1) is 25.5 Å². The molecular weight excluding hydrogens is 1220 g/mol. The highest BCUT2D eigenvalue weighted by atomic mass is 16.5. The summed E-state index contributed by atoms with van der Waals surface area (Å²) in [5.74, 6) is 4.47. The van der Waals surface area contributed by atoms with E-state index < -0.39 is 0 Å². The number of hydrogen-bond acceptors (Lipinski definition) is 21. The number of ether oxygens (including phenoxy) is 7. The lowest BCUT2D eigenvalue weighted by atomic mass is 10.0. The van der Waals surface area contributed by atoms with Crippen LogP contribution < -0.4 is 49.1 Å². The Kier molecular flexibility index (Phi) is 29.1. The van der Waals surface area contributed by atoms with Gasteiger partial charge in [0.15, 0.2) is 11.5 Å². The van der Waals surface area contributed by atoms with E-state index in [2.05, 4.69) is 99.5 Å². The van der Waals surface area contributed by atoms with Crippen LogP contribution in [0.5, 0.6) is 40.2 Å². The van der Waals surface area contributed by atoms with Crippen LogP contribution in [0, 0.1) is 0 Å². The van der Waals surface area contributed by atoms with Gasteiger partial charge in [-0.1, -0.05) is 72.8 Å². The summed E-state index contributed by atoms with van der Waals surface area (Å²) >= 11 is 0. The molecule has 0 spiro atoms. The first-order chi connectivity index (χ1) is 46.5. The Morgan fingerprint density at radius 3 is 1.10 bits per heavy atom. The monoisotopic (exact) mass is 1320 g/mol. The first kappa shape index (κ1) is 73.1. The molecule has 96 heavy (non-hydrogen) atoms. The Balaban J connectivity index is 0.000000204. The van der Waals surface area contributed by atoms with Crippen LogP contribution in [0.15, 0.2) is 93.1 Å². The number of nitrogens with one attached hydrogen (secondary N) is 3. The maximum Gasteiger partial charge on any atom is 0.251 e. The van der Waals surface area contributed by atoms with Crippen LogP contribution in [-0.2, 0) is 94.4 Å². The summed E-state index contributed by atoms with van der Waals surface area (Å²) in [5, 5.41) is 49.1. The van der Waals surface area contributed by atoms with E-state index in [0.717, 1.165) is 163 Å². The van der Waals surface area contributed by atoms with Crippen molar-refractivity contribution in [2.75, 3.05) is 41.0 Å². The molecule has 0 radical (unpaired) electrons. The van der Waals surface area contributed by atoms with Crippen LogP contribution in [0.4, 0.5) is 0 Å². The standard InChI is InChI=1S/C27H40N6O3.C21H29N7O2.C20H27N7O3/c1-5-6-13-24-25(35-14-9-7-11-22-18-32(3)20-29-22)16-21(27(34)28-2)17-26(24)36-15-10-8-12-23-19-33(4)31-30-23;1-6-7-8-19-20(29-13-17-11-27(4)25-23-17)9-16(15(2)22-3)10-21(19)30-14-18-12-28(5)26-24-18;1-6-7-28-20-18(29-12-16-10-26(4)24-22-16)8-15(14(2)21-3)9-19(20)30-13-17-11-27(5)25-23-17/h16-20H,5-15H2,1-4H3,(H,28,34);9-12,22H,2,6-8,13-14H2,1,3-5H3;8-11,21H,2,6-7,12-13H2,1,3-5H3. The summed E-state index contributed by atoms with van der Waals surface area (Å²) in [6.07, 6.45) is 25.4. The van der Waals surface area contributed by atoms with Crippen molar-refractivity contribution in [1.82, 2.24) is 100 Å². The van der Waals surface area contributed by atoms with Crippen molar-refractivity contribution in [3.63, 3.8) is 0 Å². The van der Waals surface area contributed by atoms with E-state index in [0.29, 0.717) is 67.2 Å². The van der Waals surface area contributed by atoms with Crippen LogP contribution >= 0.6 is 0 Å². The van der Waals surface area contributed by atoms with Crippen molar-refractivity contribution in [3.8, 4) is 40.2 Å². The van der Waals surface area contributed by atoms with E-state index in [-0.39, 0.29) is 19.1 Å². The summed E-state index contributed by atoms with van der Waals surface area (Å²) in [4.78, 5) is 16.9. The van der Waals surface area contributed by atoms with Crippen LogP contribution in [0.2, 0.25) is 0 Å². The highest BCUT2D eigenvalue weighted by Crippen LogP contribution is 2.41. The fraction of sp³-hybridized carbons (Fsp3) is 0.471. The number of hydrogen-bond donors (Lipinski definition) is 3. The second kappa shape index (κ2) is 38.2. The number of unbranched alkanes of at least 4 members (excludes halogenated alkanes) is 4. The molecule has 3 N–H and O–H groups in total. The molecule has 0 unspecified atom stereocenters. The van der Waals surface area contributed by atoms with Crippen molar-refractivity contribution in [2.45, 2.75) is 131 Å². The van der Waals surface area contributed by atoms with Crippen molar-refractivity contribution in [3.05, 3.63) is 155 Å². The van der Waals surface area contributed by atoms with Crippen LogP contribution in [0.3, 0.4) is 0 Å². The van der Waals surface area contributed by atoms with Gasteiger partial charge in [-0.25, -0.2) is 4.98 Å². The molecule has 0 aliphatic rings. The molecular formula is C68H96N20O8. The quantitative estimate of drug-likeness (QED) is 0.0305. The molecule has 28 heteroatoms. The number of imidazole rings is 1. The molecule has 0 bridgehead atoms. The molecule has 28 nitrogen and oxygen atoms in total. The highest BCUT2D eigenvalue weighted by Gasteiger charge is 2.21. The molecule has 6 aromatic heterocycles. The van der Waals surface area contributed by atoms with Crippen LogP contribution in [0.1, 0.15) is 145 Å². The van der Waals surface area contributed by atoms with Gasteiger partial charge in [0.05, 0.1) is 62.3 Å². The zero-order valence-electron chi connectivity index (χ0n) is 57.9. The van der Waals surface area contributed by atoms with Gasteiger partial charge >= 0.3 is 0 Å². The molecule has 0 saturated heterocycles. The number of nitrogens with zero attached hydrogens (tertiary/aromatic N) is 17. The lowest BCUT2D eigenvalue weighted by Crippen LogP contribution is -2.18. The van der Waals surface area contributed by atoms with Crippen molar-refractivity contribution < 1.29 is 38.0 Å². The summed E-state index contributed by atoms with van der Waals surface area (Å²) in [6.45, 7) is 17.3. The Morgan fingerprint density at radius 2 is 0.760 bits per heavy atom. The third-order valence-electron chi connectivity index (χ3n) is 14.8. The van der Waals surface area contributed by atoms with Gasteiger partial charge in [0, 0.05) is 115 Å². The lowest BCUT2D eigenvalue weighted by Gasteiger charge is -2.18. The second-order valence-electron chi connectivity index (χ2n) is 23.0. The Morgan fingerprint density at radius 1 is 0.396 bits per heavy atom. The van der Waals surface area contributed by atoms with Crippen LogP contribution in [0.25, 0.3) is 11.4 Å². The van der Waals surface area contributed by atoms with Gasteiger partial charge in [-0.2, -0.15) is 0 Å². The summed E-state index contributed by atoms with van der Waals surface area (Å²) < 4.78 is 53.1. The molecule has 0 atom stereocenters. The van der Waals surface area contributed by atoms with E-state index in [9.17, 15) is 4.79 Å². The minimum absolute atomic E-state index is 0.149. The molecule has 0 fully saturated rings. The molecule has 516 valence electrons. The van der Waals surface area contributed by atoms with Gasteiger partial charge in [0.1, 0.15) is 72.2 Å². The number of aryl methyl sites for hydroxylation is 8. The molecule has 3 aromatic carbocycles. The van der Waals surface area contributed by atoms with E-state index >= 15 is 0 Å². The minimum Gasteiger partial charge on any atom is -0.493 e. The topological polar surface area (TPSA) is 289 Å². The van der Waals surface area contributed by atoms with E-state index in [1.165, 1.54) is 0 Å². The average Bonchev–Trinajstić information content (AvgIpc) is 0.980. The van der Waals surface area contributed by atoms with E-state index in [1.54, 1.807) is 42.9 Å². The minimum atomic E-state index is -0.149. The number of rotatable bonds is 38. The summed E-state index contributed by atoms with van der Waals surface area (Å²) in [7, 11) is 16.4. The summed E-state index contributed by atoms with van der Waals surface area (Å²) in [6, 6.07) is 11.4. The summed E-state index contributed by atoms with van der Waals surface area (Å²) in [5.41, 5.74) is 10.9. The molecule has 0 aliphatic heterocycles. The van der Waals surface area contributed by atoms with Crippen LogP contribution in [-0.4, -0.2) is 131 Å². The molecule has 0 aliphatic carbocycles. The molecule has 0 saturated carbocycles. The molecule has 9 aromatic rings. The van der Waals surface area contributed by atoms with Crippen molar-refractivity contribution >= 4 is 17.3 Å². The van der Waals surface area contributed by atoms with E-state index in [1.807, 2.05) is 135 Å². The average molecular weight is 1320 g/mol. The number of aromatic nitrogens is 17. The fourth-order valence-corrected chi connectivity index (χ4v) is 9.74. The lowest BCUT2D eigenvalue weighted by molar-refractivity contribution is 0.0962. The predicted molar refractivity (Wildman–Crippen MR) is 364 cm³/mol. The Hall–Kier alpha value is -10.3. The maximum absolute atomic E-state index is 12.5. The second-order valence-corrected chi connectivity index (χ2v) is 23.0. The molecule has 1 amide bonds. The Bertz CT molecular complexity index is 3500. The van der Waals surface area contributed by atoms with Crippen molar-refractivity contribution in [2.24, 2.45) is 42.3 Å². The first-order valence-electron chi connectivity index (χ1n) is 32.6. The number of carbonyl (C=O) groups is 1. The van der Waals surface area contributed by atoms with Gasteiger partial charge in [-0.3, -0.25) is 28.2 Å². The predicted octanol–water partition coefficient (Wildman–Crippen LogP) is 8.77. The fourth-order valence-electron chi connectivity index (χ4n) is 9.74. The van der Waals surface area contributed by atoms with Gasteiger partial charge in [-0.05, 0) is 107 Å². The zero-order chi connectivity index (χ0) is 68.8. The third-order valence-corrected chi connectivity index (χ3v) is 14.8. The van der Waals surface area contributed by atoms with Gasteiger partial charge in [0.2, 0.25) is 5.75 Å². The normalized spacial score (nSPS) is 10.8. The Labute approximate surface area is 562 Å². The van der Waals surface area contributed by atoms with Crippen molar-refractivity contribution in [1.29, 1.82) is 0 Å². The SMILES string of the molecule is C=C(NC)c1cc(OCc2cn(C)nn2)c(CCCC)c(OCc2cn(C)nn2)c1.C=C(NC)c1cc(OCc2cn(C)nn2)c(OCCC)c(OCc2cn(C)nn2)c1.CCCCc1c(OCCCCc2cn(C)cn2)cc(C(=O)NC)cc1OCCCCc1cn(C)nn1.